The first kappa shape index (κ1) is 15.7. The maximum absolute atomic E-state index is 5.40. The largest absolute Gasteiger partial charge is 0.493 e. The second-order valence-corrected chi connectivity index (χ2v) is 6.06. The molecule has 0 bridgehead atoms. The molecule has 1 aliphatic heterocycles. The quantitative estimate of drug-likeness (QED) is 0.794. The fourth-order valence-electron chi connectivity index (χ4n) is 3.20. The van der Waals surface area contributed by atoms with E-state index >= 15 is 0 Å². The van der Waals surface area contributed by atoms with Crippen LogP contribution in [0.1, 0.15) is 12.0 Å². The molecule has 3 aromatic rings. The summed E-state index contributed by atoms with van der Waals surface area (Å²) in [6, 6.07) is 10.1. The molecular weight excluding hydrogens is 314 g/mol. The fourth-order valence-corrected chi connectivity index (χ4v) is 3.20. The summed E-state index contributed by atoms with van der Waals surface area (Å²) in [6.45, 7) is 1.97. The maximum atomic E-state index is 5.40. The number of benzene rings is 1. The van der Waals surface area contributed by atoms with Crippen LogP contribution in [0.15, 0.2) is 48.8 Å². The highest BCUT2D eigenvalue weighted by Crippen LogP contribution is 2.32. The van der Waals surface area contributed by atoms with Crippen molar-refractivity contribution in [3.8, 4) is 22.8 Å². The van der Waals surface area contributed by atoms with Gasteiger partial charge in [-0.3, -0.25) is 0 Å². The van der Waals surface area contributed by atoms with E-state index in [4.69, 9.17) is 14.5 Å². The van der Waals surface area contributed by atoms with Crippen LogP contribution in [0, 0.1) is 0 Å². The standard InChI is InChI=1S/C20H21N3O2/c1-24-18-5-3-15(11-19(18)25-2)17-13-23-12-16(4-6-20(23)22-17)14-7-9-21-10-8-14/h3-7,11-13,21H,8-10H2,1-2H3. The molecule has 0 spiro atoms. The van der Waals surface area contributed by atoms with Gasteiger partial charge in [0.05, 0.1) is 19.9 Å². The number of fused-ring (bicyclic) bond motifs is 1. The molecule has 0 unspecified atom stereocenters. The summed E-state index contributed by atoms with van der Waals surface area (Å²) in [6.07, 6.45) is 7.53. The summed E-state index contributed by atoms with van der Waals surface area (Å²) in [5.74, 6) is 1.42. The van der Waals surface area contributed by atoms with Crippen LogP contribution in [0.2, 0.25) is 0 Å². The van der Waals surface area contributed by atoms with Gasteiger partial charge in [-0.05, 0) is 54.4 Å². The summed E-state index contributed by atoms with van der Waals surface area (Å²) >= 11 is 0. The van der Waals surface area contributed by atoms with Crippen LogP contribution in [0.5, 0.6) is 11.5 Å². The van der Waals surface area contributed by atoms with Crippen LogP contribution in [-0.4, -0.2) is 36.7 Å². The molecule has 2 aromatic heterocycles. The van der Waals surface area contributed by atoms with E-state index < -0.39 is 0 Å². The Morgan fingerprint density at radius 1 is 1.00 bits per heavy atom. The van der Waals surface area contributed by atoms with Crippen LogP contribution in [0.25, 0.3) is 22.5 Å². The Morgan fingerprint density at radius 2 is 1.84 bits per heavy atom. The van der Waals surface area contributed by atoms with Crippen LogP contribution < -0.4 is 14.8 Å². The molecule has 1 N–H and O–H groups in total. The second-order valence-electron chi connectivity index (χ2n) is 6.06. The number of rotatable bonds is 4. The minimum absolute atomic E-state index is 0.706. The van der Waals surface area contributed by atoms with E-state index in [9.17, 15) is 0 Å². The van der Waals surface area contributed by atoms with Crippen molar-refractivity contribution in [1.29, 1.82) is 0 Å². The first-order valence-electron chi connectivity index (χ1n) is 8.40. The molecule has 0 atom stereocenters. The molecule has 3 heterocycles. The number of pyridine rings is 1. The van der Waals surface area contributed by atoms with E-state index in [1.165, 1.54) is 11.1 Å². The van der Waals surface area contributed by atoms with Crippen molar-refractivity contribution in [1.82, 2.24) is 14.7 Å². The minimum Gasteiger partial charge on any atom is -0.493 e. The van der Waals surface area contributed by atoms with E-state index in [0.717, 1.165) is 42.2 Å². The van der Waals surface area contributed by atoms with Gasteiger partial charge in [0.2, 0.25) is 0 Å². The van der Waals surface area contributed by atoms with E-state index in [1.54, 1.807) is 14.2 Å². The van der Waals surface area contributed by atoms with Gasteiger partial charge in [0.25, 0.3) is 0 Å². The van der Waals surface area contributed by atoms with Crippen molar-refractivity contribution in [3.05, 3.63) is 54.4 Å². The molecule has 128 valence electrons. The number of methoxy groups -OCH3 is 2. The summed E-state index contributed by atoms with van der Waals surface area (Å²) < 4.78 is 12.8. The number of hydrogen-bond acceptors (Lipinski definition) is 4. The van der Waals surface area contributed by atoms with Gasteiger partial charge in [-0.1, -0.05) is 6.08 Å². The van der Waals surface area contributed by atoms with E-state index in [-0.39, 0.29) is 0 Å². The van der Waals surface area contributed by atoms with Crippen LogP contribution >= 0.6 is 0 Å². The molecule has 5 nitrogen and oxygen atoms in total. The molecule has 1 aliphatic rings. The van der Waals surface area contributed by atoms with Crippen molar-refractivity contribution >= 4 is 11.2 Å². The van der Waals surface area contributed by atoms with Crippen molar-refractivity contribution in [2.75, 3.05) is 27.3 Å². The van der Waals surface area contributed by atoms with E-state index in [0.29, 0.717) is 5.75 Å². The molecule has 25 heavy (non-hydrogen) atoms. The monoisotopic (exact) mass is 335 g/mol. The highest BCUT2D eigenvalue weighted by Gasteiger charge is 2.11. The van der Waals surface area contributed by atoms with Gasteiger partial charge in [0.15, 0.2) is 11.5 Å². The molecule has 0 amide bonds. The highest BCUT2D eigenvalue weighted by molar-refractivity contribution is 5.70. The molecule has 0 saturated carbocycles. The lowest BCUT2D eigenvalue weighted by Gasteiger charge is -2.14. The SMILES string of the molecule is COc1ccc(-c2cn3cc(C4=CCNCC4)ccc3n2)cc1OC. The molecular formula is C20H21N3O2. The van der Waals surface area contributed by atoms with Gasteiger partial charge >= 0.3 is 0 Å². The first-order valence-corrected chi connectivity index (χ1v) is 8.40. The van der Waals surface area contributed by atoms with Gasteiger partial charge in [-0.15, -0.1) is 0 Å². The van der Waals surface area contributed by atoms with Crippen LogP contribution in [-0.2, 0) is 0 Å². The molecule has 0 radical (unpaired) electrons. The number of hydrogen-bond donors (Lipinski definition) is 1. The summed E-state index contributed by atoms with van der Waals surface area (Å²) in [5, 5.41) is 3.35. The Morgan fingerprint density at radius 3 is 2.60 bits per heavy atom. The molecule has 0 aliphatic carbocycles. The topological polar surface area (TPSA) is 47.8 Å². The Kier molecular flexibility index (Phi) is 4.15. The van der Waals surface area contributed by atoms with Gasteiger partial charge in [-0.25, -0.2) is 4.98 Å². The first-order chi connectivity index (χ1) is 12.3. The normalized spacial score (nSPS) is 14.4. The average molecular weight is 335 g/mol. The molecule has 0 fully saturated rings. The smallest absolute Gasteiger partial charge is 0.161 e. The lowest BCUT2D eigenvalue weighted by atomic mass is 10.0. The lowest BCUT2D eigenvalue weighted by Crippen LogP contribution is -2.20. The lowest BCUT2D eigenvalue weighted by molar-refractivity contribution is 0.355. The van der Waals surface area contributed by atoms with E-state index in [2.05, 4.69) is 40.3 Å². The predicted octanol–water partition coefficient (Wildman–Crippen LogP) is 3.40. The van der Waals surface area contributed by atoms with Crippen LogP contribution in [0.3, 0.4) is 0 Å². The second kappa shape index (κ2) is 6.61. The van der Waals surface area contributed by atoms with Crippen molar-refractivity contribution in [2.24, 2.45) is 0 Å². The third kappa shape index (κ3) is 2.98. The number of aromatic nitrogens is 2. The minimum atomic E-state index is 0.706. The number of nitrogens with one attached hydrogen (secondary N) is 1. The van der Waals surface area contributed by atoms with Gasteiger partial charge in [0, 0.05) is 24.5 Å². The number of nitrogens with zero attached hydrogens (tertiary/aromatic N) is 2. The number of imidazole rings is 1. The van der Waals surface area contributed by atoms with Gasteiger partial charge < -0.3 is 19.2 Å². The molecule has 0 saturated heterocycles. The van der Waals surface area contributed by atoms with Crippen molar-refractivity contribution in [2.45, 2.75) is 6.42 Å². The summed E-state index contributed by atoms with van der Waals surface area (Å²) in [5.41, 5.74) is 5.50. The van der Waals surface area contributed by atoms with E-state index in [1.807, 2.05) is 18.2 Å². The third-order valence-electron chi connectivity index (χ3n) is 4.57. The zero-order valence-corrected chi connectivity index (χ0v) is 14.5. The summed E-state index contributed by atoms with van der Waals surface area (Å²) in [4.78, 5) is 4.73. The Hall–Kier alpha value is -2.79. The van der Waals surface area contributed by atoms with Crippen molar-refractivity contribution < 1.29 is 9.47 Å². The van der Waals surface area contributed by atoms with Crippen molar-refractivity contribution in [3.63, 3.8) is 0 Å². The van der Waals surface area contributed by atoms with Crippen LogP contribution in [0.4, 0.5) is 0 Å². The molecule has 4 rings (SSSR count). The average Bonchev–Trinajstić information content (AvgIpc) is 3.11. The zero-order chi connectivity index (χ0) is 17.2. The Bertz CT molecular complexity index is 943. The van der Waals surface area contributed by atoms with Gasteiger partial charge in [-0.2, -0.15) is 0 Å². The maximum Gasteiger partial charge on any atom is 0.161 e. The fraction of sp³-hybridized carbons (Fsp3) is 0.250. The molecule has 1 aromatic carbocycles. The number of ether oxygens (including phenoxy) is 2. The van der Waals surface area contributed by atoms with Gasteiger partial charge in [0.1, 0.15) is 5.65 Å². The Labute approximate surface area is 146 Å². The summed E-state index contributed by atoms with van der Waals surface area (Å²) in [7, 11) is 3.28. The molecule has 5 heteroatoms. The predicted molar refractivity (Wildman–Crippen MR) is 99.2 cm³/mol. The third-order valence-corrected chi connectivity index (χ3v) is 4.57. The highest BCUT2D eigenvalue weighted by atomic mass is 16.5. The zero-order valence-electron chi connectivity index (χ0n) is 14.5. The Balaban J connectivity index is 1.73.